The first-order valence-electron chi connectivity index (χ1n) is 6.29. The molecule has 10 heteroatoms. The van der Waals surface area contributed by atoms with E-state index in [1.165, 1.54) is 18.0 Å². The number of amides is 1. The summed E-state index contributed by atoms with van der Waals surface area (Å²) < 4.78 is 38.3. The van der Waals surface area contributed by atoms with E-state index >= 15 is 0 Å². The molecule has 122 valence electrons. The fraction of sp³-hybridized carbons (Fsp3) is 0.417. The maximum Gasteiger partial charge on any atom is 0.417 e. The molecule has 0 saturated heterocycles. The van der Waals surface area contributed by atoms with Crippen LogP contribution in [0.3, 0.4) is 0 Å². The number of dihydropyridines is 1. The summed E-state index contributed by atoms with van der Waals surface area (Å²) in [6.45, 7) is 1.78. The van der Waals surface area contributed by atoms with Crippen LogP contribution in [-0.4, -0.2) is 29.7 Å². The Labute approximate surface area is 134 Å². The Morgan fingerprint density at radius 1 is 1.45 bits per heavy atom. The molecule has 0 spiro atoms. The van der Waals surface area contributed by atoms with Crippen LogP contribution in [0.15, 0.2) is 34.0 Å². The van der Waals surface area contributed by atoms with Crippen LogP contribution in [0.2, 0.25) is 0 Å². The molecule has 3 atom stereocenters. The number of thioether (sulfide) groups is 1. The Balaban J connectivity index is 2.00. The van der Waals surface area contributed by atoms with Gasteiger partial charge >= 0.3 is 6.18 Å². The summed E-state index contributed by atoms with van der Waals surface area (Å²) in [5, 5.41) is 7.35. The van der Waals surface area contributed by atoms with Crippen LogP contribution in [0.4, 0.5) is 13.2 Å². The topological polar surface area (TPSA) is 79.2 Å². The van der Waals surface area contributed by atoms with Crippen LogP contribution < -0.4 is 21.7 Å². The molecule has 2 heterocycles. The lowest BCUT2D eigenvalue weighted by Crippen LogP contribution is -2.44. The SMILES string of the molecule is C[C@@H](N)C1NC=C(C(=O)NC2C=C(C(F)(F)F)C(Cl)=CN2)S1. The summed E-state index contributed by atoms with van der Waals surface area (Å²) in [6, 6.07) is -0.183. The van der Waals surface area contributed by atoms with E-state index in [1.807, 2.05) is 0 Å². The van der Waals surface area contributed by atoms with E-state index < -0.39 is 28.9 Å². The van der Waals surface area contributed by atoms with E-state index in [2.05, 4.69) is 16.0 Å². The molecule has 5 nitrogen and oxygen atoms in total. The molecule has 0 aliphatic carbocycles. The normalized spacial score (nSPS) is 26.2. The van der Waals surface area contributed by atoms with E-state index in [1.54, 1.807) is 6.92 Å². The maximum absolute atomic E-state index is 12.8. The molecule has 0 fully saturated rings. The standard InChI is InChI=1S/C12H14ClF3N4OS/c1-5(17)11-19-4-8(22-11)10(21)20-9-2-6(12(14,15)16)7(13)3-18-9/h2-5,9,11,18-19H,17H2,1H3,(H,20,21)/t5-,9?,11?/m1/s1. The zero-order valence-electron chi connectivity index (χ0n) is 11.4. The number of carbonyl (C=O) groups is 1. The third kappa shape index (κ3) is 3.90. The Morgan fingerprint density at radius 3 is 2.68 bits per heavy atom. The third-order valence-corrected chi connectivity index (χ3v) is 4.60. The van der Waals surface area contributed by atoms with Crippen molar-refractivity contribution in [2.75, 3.05) is 0 Å². The van der Waals surface area contributed by atoms with Crippen molar-refractivity contribution in [3.8, 4) is 0 Å². The number of nitrogens with one attached hydrogen (secondary N) is 3. The van der Waals surface area contributed by atoms with Gasteiger partial charge in [0.25, 0.3) is 5.91 Å². The van der Waals surface area contributed by atoms with Gasteiger partial charge in [-0.3, -0.25) is 4.79 Å². The molecule has 2 rings (SSSR count). The average Bonchev–Trinajstić information content (AvgIpc) is 2.89. The van der Waals surface area contributed by atoms with Crippen LogP contribution in [0, 0.1) is 0 Å². The Morgan fingerprint density at radius 2 is 2.14 bits per heavy atom. The fourth-order valence-corrected chi connectivity index (χ4v) is 2.96. The predicted molar refractivity (Wildman–Crippen MR) is 79.4 cm³/mol. The van der Waals surface area contributed by atoms with Gasteiger partial charge in [0, 0.05) is 18.4 Å². The molecule has 0 aromatic heterocycles. The molecular formula is C12H14ClF3N4OS. The van der Waals surface area contributed by atoms with E-state index in [-0.39, 0.29) is 11.4 Å². The zero-order chi connectivity index (χ0) is 16.5. The fourth-order valence-electron chi connectivity index (χ4n) is 1.80. The van der Waals surface area contributed by atoms with Crippen molar-refractivity contribution < 1.29 is 18.0 Å². The first-order valence-corrected chi connectivity index (χ1v) is 7.54. The van der Waals surface area contributed by atoms with Gasteiger partial charge in [-0.25, -0.2) is 0 Å². The average molecular weight is 355 g/mol. The van der Waals surface area contributed by atoms with Crippen molar-refractivity contribution >= 4 is 29.3 Å². The Hall–Kier alpha value is -1.32. The highest BCUT2D eigenvalue weighted by Gasteiger charge is 2.38. The van der Waals surface area contributed by atoms with Gasteiger partial charge in [0.2, 0.25) is 0 Å². The number of nitrogens with two attached hydrogens (primary N) is 1. The van der Waals surface area contributed by atoms with Gasteiger partial charge in [-0.05, 0) is 13.0 Å². The molecule has 0 aromatic rings. The molecule has 0 bridgehead atoms. The quantitative estimate of drug-likeness (QED) is 0.617. The molecule has 2 aliphatic rings. The molecular weight excluding hydrogens is 341 g/mol. The minimum atomic E-state index is -4.58. The summed E-state index contributed by atoms with van der Waals surface area (Å²) in [7, 11) is 0. The summed E-state index contributed by atoms with van der Waals surface area (Å²) in [5.74, 6) is -0.498. The number of hydrogen-bond acceptors (Lipinski definition) is 5. The largest absolute Gasteiger partial charge is 0.417 e. The summed E-state index contributed by atoms with van der Waals surface area (Å²) >= 11 is 6.73. The summed E-state index contributed by atoms with van der Waals surface area (Å²) in [6.07, 6.45) is -2.25. The molecule has 0 saturated carbocycles. The predicted octanol–water partition coefficient (Wildman–Crippen LogP) is 1.45. The zero-order valence-corrected chi connectivity index (χ0v) is 12.9. The Kier molecular flexibility index (Phi) is 4.98. The number of hydrogen-bond donors (Lipinski definition) is 4. The number of rotatable bonds is 3. The van der Waals surface area contributed by atoms with Crippen LogP contribution in [0.25, 0.3) is 0 Å². The van der Waals surface area contributed by atoms with Crippen molar-refractivity contribution in [2.45, 2.75) is 30.7 Å². The third-order valence-electron chi connectivity index (χ3n) is 2.91. The van der Waals surface area contributed by atoms with Crippen LogP contribution in [-0.2, 0) is 4.79 Å². The lowest BCUT2D eigenvalue weighted by Gasteiger charge is -2.23. The minimum Gasteiger partial charge on any atom is -0.377 e. The van der Waals surface area contributed by atoms with Crippen LogP contribution in [0.1, 0.15) is 6.92 Å². The second-order valence-corrected chi connectivity index (χ2v) is 6.35. The lowest BCUT2D eigenvalue weighted by molar-refractivity contribution is -0.117. The molecule has 1 amide bonds. The number of allylic oxidation sites excluding steroid dienone is 2. The maximum atomic E-state index is 12.8. The van der Waals surface area contributed by atoms with Gasteiger partial charge < -0.3 is 21.7 Å². The molecule has 2 unspecified atom stereocenters. The minimum absolute atomic E-state index is 0.143. The number of carbonyl (C=O) groups excluding carboxylic acids is 1. The lowest BCUT2D eigenvalue weighted by atomic mass is 10.1. The van der Waals surface area contributed by atoms with Gasteiger partial charge in [0.15, 0.2) is 0 Å². The van der Waals surface area contributed by atoms with Gasteiger partial charge in [0.1, 0.15) is 6.17 Å². The second kappa shape index (κ2) is 6.43. The summed E-state index contributed by atoms with van der Waals surface area (Å²) in [4.78, 5) is 12.4. The summed E-state index contributed by atoms with van der Waals surface area (Å²) in [5.41, 5.74) is 4.72. The van der Waals surface area contributed by atoms with Gasteiger partial charge in [-0.2, -0.15) is 13.2 Å². The van der Waals surface area contributed by atoms with Gasteiger partial charge in [-0.15, -0.1) is 0 Å². The first kappa shape index (κ1) is 17.0. The molecule has 0 aromatic carbocycles. The van der Waals surface area contributed by atoms with E-state index in [0.717, 1.165) is 12.3 Å². The van der Waals surface area contributed by atoms with Crippen molar-refractivity contribution in [3.63, 3.8) is 0 Å². The van der Waals surface area contributed by atoms with Crippen molar-refractivity contribution in [3.05, 3.63) is 34.0 Å². The monoisotopic (exact) mass is 354 g/mol. The molecule has 22 heavy (non-hydrogen) atoms. The van der Waals surface area contributed by atoms with Crippen LogP contribution in [0.5, 0.6) is 0 Å². The Bertz CT molecular complexity index is 559. The number of alkyl halides is 3. The van der Waals surface area contributed by atoms with Crippen molar-refractivity contribution in [2.24, 2.45) is 5.73 Å². The molecule has 5 N–H and O–H groups in total. The van der Waals surface area contributed by atoms with Crippen LogP contribution >= 0.6 is 23.4 Å². The van der Waals surface area contributed by atoms with Crippen molar-refractivity contribution in [1.82, 2.24) is 16.0 Å². The highest BCUT2D eigenvalue weighted by Crippen LogP contribution is 2.34. The van der Waals surface area contributed by atoms with E-state index in [0.29, 0.717) is 4.91 Å². The van der Waals surface area contributed by atoms with E-state index in [9.17, 15) is 18.0 Å². The second-order valence-electron chi connectivity index (χ2n) is 4.76. The van der Waals surface area contributed by atoms with Crippen molar-refractivity contribution in [1.29, 1.82) is 0 Å². The number of halogens is 4. The van der Waals surface area contributed by atoms with Gasteiger partial charge in [0.05, 0.1) is 20.9 Å². The first-order chi connectivity index (χ1) is 10.2. The van der Waals surface area contributed by atoms with E-state index in [4.69, 9.17) is 17.3 Å². The highest BCUT2D eigenvalue weighted by atomic mass is 35.5. The molecule has 2 aliphatic heterocycles. The smallest absolute Gasteiger partial charge is 0.377 e. The highest BCUT2D eigenvalue weighted by molar-refractivity contribution is 8.04. The molecule has 0 radical (unpaired) electrons. The van der Waals surface area contributed by atoms with Gasteiger partial charge in [-0.1, -0.05) is 23.4 Å².